The number of halogens is 1. The van der Waals surface area contributed by atoms with Crippen LogP contribution in [0.4, 0.5) is 0 Å². The Morgan fingerprint density at radius 1 is 1.25 bits per heavy atom. The second-order valence-corrected chi connectivity index (χ2v) is 7.37. The van der Waals surface area contributed by atoms with Crippen molar-refractivity contribution in [3.05, 3.63) is 35.9 Å². The molecule has 0 radical (unpaired) electrons. The minimum atomic E-state index is -3.80. The quantitative estimate of drug-likeness (QED) is 0.406. The first-order chi connectivity index (χ1) is 9.36. The van der Waals surface area contributed by atoms with E-state index in [4.69, 9.17) is 15.4 Å². The van der Waals surface area contributed by atoms with Crippen LogP contribution < -0.4 is 4.74 Å². The number of allylic oxidation sites excluding steroid dienone is 1. The summed E-state index contributed by atoms with van der Waals surface area (Å²) in [5, 5.41) is 0. The standard InChI is InChI=1S/C15H21ClO3S/c1-4-5-6-7-8-9-19-15-13(3)10-12(2)11-14(15)20(16,17)18/h4,10-11H,1,5-9H2,2-3H3. The summed E-state index contributed by atoms with van der Waals surface area (Å²) in [7, 11) is 1.67. The number of ether oxygens (including phenoxy) is 1. The van der Waals surface area contributed by atoms with Crippen molar-refractivity contribution in [2.24, 2.45) is 0 Å². The van der Waals surface area contributed by atoms with E-state index >= 15 is 0 Å². The highest BCUT2D eigenvalue weighted by molar-refractivity contribution is 8.13. The fourth-order valence-corrected chi connectivity index (χ4v) is 3.14. The van der Waals surface area contributed by atoms with Gasteiger partial charge in [-0.25, -0.2) is 8.42 Å². The van der Waals surface area contributed by atoms with Crippen LogP contribution in [0.25, 0.3) is 0 Å². The number of benzene rings is 1. The molecule has 0 aromatic heterocycles. The van der Waals surface area contributed by atoms with E-state index in [0.717, 1.165) is 36.8 Å². The van der Waals surface area contributed by atoms with Gasteiger partial charge in [-0.3, -0.25) is 0 Å². The molecule has 5 heteroatoms. The van der Waals surface area contributed by atoms with Crippen LogP contribution in [0.3, 0.4) is 0 Å². The third-order valence-corrected chi connectivity index (χ3v) is 4.27. The first-order valence-corrected chi connectivity index (χ1v) is 8.97. The zero-order valence-corrected chi connectivity index (χ0v) is 13.6. The third kappa shape index (κ3) is 5.17. The SMILES string of the molecule is C=CCCCCCOc1c(C)cc(C)cc1S(=O)(=O)Cl. The lowest BCUT2D eigenvalue weighted by Gasteiger charge is -2.13. The van der Waals surface area contributed by atoms with Crippen LogP contribution in [0.1, 0.15) is 36.8 Å². The first kappa shape index (κ1) is 17.1. The molecule has 1 rings (SSSR count). The van der Waals surface area contributed by atoms with Crippen molar-refractivity contribution < 1.29 is 13.2 Å². The third-order valence-electron chi connectivity index (χ3n) is 2.95. The summed E-state index contributed by atoms with van der Waals surface area (Å²) in [5.41, 5.74) is 1.63. The predicted molar refractivity (Wildman–Crippen MR) is 83.1 cm³/mol. The molecule has 1 aromatic carbocycles. The lowest BCUT2D eigenvalue weighted by molar-refractivity contribution is 0.296. The predicted octanol–water partition coefficient (Wildman–Crippen LogP) is 4.36. The summed E-state index contributed by atoms with van der Waals surface area (Å²) < 4.78 is 28.9. The van der Waals surface area contributed by atoms with Crippen LogP contribution in [0.5, 0.6) is 5.75 Å². The number of hydrogen-bond acceptors (Lipinski definition) is 3. The molecule has 0 N–H and O–H groups in total. The van der Waals surface area contributed by atoms with Gasteiger partial charge in [0.25, 0.3) is 9.05 Å². The van der Waals surface area contributed by atoms with Gasteiger partial charge in [0.2, 0.25) is 0 Å². The molecule has 1 aromatic rings. The Morgan fingerprint density at radius 3 is 2.55 bits per heavy atom. The molecule has 0 spiro atoms. The van der Waals surface area contributed by atoms with Crippen molar-refractivity contribution in [3.63, 3.8) is 0 Å². The van der Waals surface area contributed by atoms with E-state index in [-0.39, 0.29) is 4.90 Å². The fraction of sp³-hybridized carbons (Fsp3) is 0.467. The number of aryl methyl sites for hydroxylation is 2. The molecule has 0 heterocycles. The largest absolute Gasteiger partial charge is 0.492 e. The van der Waals surface area contributed by atoms with E-state index in [1.54, 1.807) is 6.07 Å². The molecule has 0 aliphatic carbocycles. The van der Waals surface area contributed by atoms with E-state index in [9.17, 15) is 8.42 Å². The van der Waals surface area contributed by atoms with E-state index in [1.807, 2.05) is 26.0 Å². The molecular formula is C15H21ClO3S. The molecule has 0 atom stereocenters. The van der Waals surface area contributed by atoms with E-state index < -0.39 is 9.05 Å². The lowest BCUT2D eigenvalue weighted by atomic mass is 10.1. The summed E-state index contributed by atoms with van der Waals surface area (Å²) >= 11 is 0. The number of hydrogen-bond donors (Lipinski definition) is 0. The van der Waals surface area contributed by atoms with Crippen LogP contribution in [0.15, 0.2) is 29.7 Å². The van der Waals surface area contributed by atoms with Crippen molar-refractivity contribution in [2.45, 2.75) is 44.4 Å². The molecule has 0 amide bonds. The zero-order chi connectivity index (χ0) is 15.2. The van der Waals surface area contributed by atoms with Gasteiger partial charge in [-0.2, -0.15) is 0 Å². The Labute approximate surface area is 126 Å². The average Bonchev–Trinajstić information content (AvgIpc) is 2.34. The van der Waals surface area contributed by atoms with Gasteiger partial charge in [-0.15, -0.1) is 6.58 Å². The molecule has 3 nitrogen and oxygen atoms in total. The Hall–Kier alpha value is -1.00. The molecule has 0 fully saturated rings. The number of unbranched alkanes of at least 4 members (excludes halogenated alkanes) is 3. The van der Waals surface area contributed by atoms with Gasteiger partial charge in [0.1, 0.15) is 10.6 Å². The molecule has 0 saturated heterocycles. The van der Waals surface area contributed by atoms with Crippen molar-refractivity contribution in [3.8, 4) is 5.75 Å². The highest BCUT2D eigenvalue weighted by Gasteiger charge is 2.19. The van der Waals surface area contributed by atoms with Crippen LogP contribution in [-0.2, 0) is 9.05 Å². The van der Waals surface area contributed by atoms with Crippen LogP contribution in [0, 0.1) is 13.8 Å². The maximum atomic E-state index is 11.6. The summed E-state index contributed by atoms with van der Waals surface area (Å²) in [6.07, 6.45) is 5.86. The normalized spacial score (nSPS) is 11.3. The Bertz CT molecular complexity index is 565. The van der Waals surface area contributed by atoms with Crippen molar-refractivity contribution in [1.29, 1.82) is 0 Å². The summed E-state index contributed by atoms with van der Waals surface area (Å²) in [6.45, 7) is 7.81. The first-order valence-electron chi connectivity index (χ1n) is 6.66. The van der Waals surface area contributed by atoms with Crippen molar-refractivity contribution in [2.75, 3.05) is 6.61 Å². The Kier molecular flexibility index (Phi) is 6.56. The molecular weight excluding hydrogens is 296 g/mol. The van der Waals surface area contributed by atoms with E-state index in [2.05, 4.69) is 6.58 Å². The molecule has 0 aliphatic heterocycles. The summed E-state index contributed by atoms with van der Waals surface area (Å²) in [4.78, 5) is 0.0581. The average molecular weight is 317 g/mol. The van der Waals surface area contributed by atoms with Crippen LogP contribution in [0.2, 0.25) is 0 Å². The minimum absolute atomic E-state index is 0.0581. The maximum Gasteiger partial charge on any atom is 0.265 e. The second-order valence-electron chi connectivity index (χ2n) is 4.83. The molecule has 0 saturated carbocycles. The van der Waals surface area contributed by atoms with Crippen molar-refractivity contribution in [1.82, 2.24) is 0 Å². The zero-order valence-electron chi connectivity index (χ0n) is 12.0. The smallest absolute Gasteiger partial charge is 0.265 e. The van der Waals surface area contributed by atoms with E-state index in [0.29, 0.717) is 12.4 Å². The highest BCUT2D eigenvalue weighted by atomic mass is 35.7. The molecule has 0 bridgehead atoms. The van der Waals surface area contributed by atoms with Gasteiger partial charge >= 0.3 is 0 Å². The fourth-order valence-electron chi connectivity index (χ4n) is 2.02. The minimum Gasteiger partial charge on any atom is -0.492 e. The Morgan fingerprint density at radius 2 is 1.95 bits per heavy atom. The molecule has 112 valence electrons. The van der Waals surface area contributed by atoms with Gasteiger partial charge in [0.05, 0.1) is 6.61 Å². The monoisotopic (exact) mass is 316 g/mol. The van der Waals surface area contributed by atoms with Gasteiger partial charge in [0, 0.05) is 10.7 Å². The molecule has 0 aliphatic rings. The van der Waals surface area contributed by atoms with Crippen LogP contribution >= 0.6 is 10.7 Å². The van der Waals surface area contributed by atoms with Gasteiger partial charge in [0.15, 0.2) is 0 Å². The topological polar surface area (TPSA) is 43.4 Å². The van der Waals surface area contributed by atoms with Gasteiger partial charge in [-0.1, -0.05) is 12.1 Å². The highest BCUT2D eigenvalue weighted by Crippen LogP contribution is 2.31. The molecule has 0 unspecified atom stereocenters. The second kappa shape index (κ2) is 7.70. The lowest BCUT2D eigenvalue weighted by Crippen LogP contribution is -2.04. The van der Waals surface area contributed by atoms with Crippen molar-refractivity contribution >= 4 is 19.7 Å². The van der Waals surface area contributed by atoms with Gasteiger partial charge in [-0.05, 0) is 56.7 Å². The summed E-state index contributed by atoms with van der Waals surface area (Å²) in [5.74, 6) is 0.370. The van der Waals surface area contributed by atoms with Crippen LogP contribution in [-0.4, -0.2) is 15.0 Å². The number of rotatable bonds is 8. The Balaban J connectivity index is 2.76. The summed E-state index contributed by atoms with van der Waals surface area (Å²) in [6, 6.07) is 3.43. The molecule has 20 heavy (non-hydrogen) atoms. The van der Waals surface area contributed by atoms with E-state index in [1.165, 1.54) is 0 Å². The maximum absolute atomic E-state index is 11.6. The van der Waals surface area contributed by atoms with Gasteiger partial charge < -0.3 is 4.74 Å².